The number of hydrogen-bond acceptors (Lipinski definition) is 5. The van der Waals surface area contributed by atoms with E-state index >= 15 is 0 Å². The number of rotatable bonds is 3. The van der Waals surface area contributed by atoms with E-state index in [1.165, 1.54) is 10.5 Å². The molecule has 1 aromatic heterocycles. The highest BCUT2D eigenvalue weighted by Gasteiger charge is 2.34. The van der Waals surface area contributed by atoms with E-state index in [4.69, 9.17) is 0 Å². The topological polar surface area (TPSA) is 58.1 Å². The zero-order valence-electron chi connectivity index (χ0n) is 15.5. The van der Waals surface area contributed by atoms with E-state index < -0.39 is 0 Å². The Labute approximate surface area is 168 Å². The smallest absolute Gasteiger partial charge is 0.243 e. The second-order valence-corrected chi connectivity index (χ2v) is 8.44. The SMILES string of the molecule is O=C(N[C@@H]1CCSc2ccccc21)[C@H]1CCCN1c1ncnc2ccccc12. The van der Waals surface area contributed by atoms with Gasteiger partial charge in [-0.15, -0.1) is 11.8 Å². The molecule has 2 aliphatic heterocycles. The van der Waals surface area contributed by atoms with Crippen LogP contribution in [-0.2, 0) is 4.79 Å². The zero-order chi connectivity index (χ0) is 18.9. The number of hydrogen-bond donors (Lipinski definition) is 1. The molecule has 1 saturated heterocycles. The summed E-state index contributed by atoms with van der Waals surface area (Å²) in [4.78, 5) is 25.6. The summed E-state index contributed by atoms with van der Waals surface area (Å²) >= 11 is 1.87. The van der Waals surface area contributed by atoms with Crippen LogP contribution in [0.1, 0.15) is 30.9 Å². The van der Waals surface area contributed by atoms with Crippen molar-refractivity contribution in [3.8, 4) is 0 Å². The normalized spacial score (nSPS) is 21.5. The second-order valence-electron chi connectivity index (χ2n) is 7.30. The van der Waals surface area contributed by atoms with Crippen molar-refractivity contribution in [2.24, 2.45) is 0 Å². The fraction of sp³-hybridized carbons (Fsp3) is 0.318. The molecule has 1 amide bonds. The summed E-state index contributed by atoms with van der Waals surface area (Å²) in [6.45, 7) is 0.843. The molecule has 0 bridgehead atoms. The van der Waals surface area contributed by atoms with Crippen LogP contribution in [0.5, 0.6) is 0 Å². The average molecular weight is 391 g/mol. The molecule has 1 fully saturated rings. The summed E-state index contributed by atoms with van der Waals surface area (Å²) in [5.74, 6) is 2.00. The van der Waals surface area contributed by atoms with Crippen LogP contribution in [-0.4, -0.2) is 34.2 Å². The van der Waals surface area contributed by atoms with Crippen LogP contribution < -0.4 is 10.2 Å². The fourth-order valence-electron chi connectivity index (χ4n) is 4.27. The maximum atomic E-state index is 13.2. The molecule has 1 N–H and O–H groups in total. The summed E-state index contributed by atoms with van der Waals surface area (Å²) in [5, 5.41) is 4.33. The molecule has 6 heteroatoms. The number of para-hydroxylation sites is 1. The van der Waals surface area contributed by atoms with Crippen LogP contribution >= 0.6 is 11.8 Å². The summed E-state index contributed by atoms with van der Waals surface area (Å²) in [5.41, 5.74) is 2.15. The summed E-state index contributed by atoms with van der Waals surface area (Å²) in [6.07, 6.45) is 4.41. The highest BCUT2D eigenvalue weighted by atomic mass is 32.2. The van der Waals surface area contributed by atoms with E-state index in [1.807, 2.05) is 36.0 Å². The largest absolute Gasteiger partial charge is 0.347 e. The van der Waals surface area contributed by atoms with Gasteiger partial charge >= 0.3 is 0 Å². The maximum Gasteiger partial charge on any atom is 0.243 e. The first kappa shape index (κ1) is 17.5. The highest BCUT2D eigenvalue weighted by Crippen LogP contribution is 2.36. The van der Waals surface area contributed by atoms with Crippen LogP contribution in [0.2, 0.25) is 0 Å². The molecule has 3 heterocycles. The second kappa shape index (κ2) is 7.43. The molecular weight excluding hydrogens is 368 g/mol. The predicted octanol–water partition coefficient (Wildman–Crippen LogP) is 3.95. The third-order valence-electron chi connectivity index (χ3n) is 5.62. The molecular formula is C22H22N4OS. The first-order chi connectivity index (χ1) is 13.8. The lowest BCUT2D eigenvalue weighted by molar-refractivity contribution is -0.123. The van der Waals surface area contributed by atoms with Gasteiger partial charge in [0.15, 0.2) is 0 Å². The van der Waals surface area contributed by atoms with Gasteiger partial charge in [-0.25, -0.2) is 9.97 Å². The number of carbonyl (C=O) groups is 1. The molecule has 2 aliphatic rings. The number of anilines is 1. The Morgan fingerprint density at radius 2 is 1.93 bits per heavy atom. The van der Waals surface area contributed by atoms with Gasteiger partial charge in [0.05, 0.1) is 11.6 Å². The van der Waals surface area contributed by atoms with Gasteiger partial charge in [0.1, 0.15) is 18.2 Å². The Morgan fingerprint density at radius 1 is 1.07 bits per heavy atom. The predicted molar refractivity (Wildman–Crippen MR) is 113 cm³/mol. The van der Waals surface area contributed by atoms with Gasteiger partial charge in [0.25, 0.3) is 0 Å². The first-order valence-corrected chi connectivity index (χ1v) is 10.8. The van der Waals surface area contributed by atoms with Crippen molar-refractivity contribution in [3.05, 3.63) is 60.4 Å². The van der Waals surface area contributed by atoms with Crippen LogP contribution in [0.4, 0.5) is 5.82 Å². The molecule has 5 rings (SSSR count). The number of nitrogens with zero attached hydrogens (tertiary/aromatic N) is 3. The van der Waals surface area contributed by atoms with Crippen molar-refractivity contribution < 1.29 is 4.79 Å². The minimum atomic E-state index is -0.181. The molecule has 3 aromatic rings. The van der Waals surface area contributed by atoms with Crippen molar-refractivity contribution >= 4 is 34.4 Å². The first-order valence-electron chi connectivity index (χ1n) is 9.80. The lowest BCUT2D eigenvalue weighted by atomic mass is 10.0. The summed E-state index contributed by atoms with van der Waals surface area (Å²) < 4.78 is 0. The lowest BCUT2D eigenvalue weighted by Crippen LogP contribution is -2.45. The Hall–Kier alpha value is -2.60. The van der Waals surface area contributed by atoms with Crippen molar-refractivity contribution in [2.75, 3.05) is 17.2 Å². The lowest BCUT2D eigenvalue weighted by Gasteiger charge is -2.30. The Morgan fingerprint density at radius 3 is 2.89 bits per heavy atom. The number of amides is 1. The molecule has 2 aromatic carbocycles. The van der Waals surface area contributed by atoms with E-state index in [2.05, 4.69) is 44.5 Å². The van der Waals surface area contributed by atoms with Crippen molar-refractivity contribution in [2.45, 2.75) is 36.2 Å². The van der Waals surface area contributed by atoms with E-state index in [9.17, 15) is 4.79 Å². The highest BCUT2D eigenvalue weighted by molar-refractivity contribution is 7.99. The zero-order valence-corrected chi connectivity index (χ0v) is 16.4. The van der Waals surface area contributed by atoms with Gasteiger partial charge in [-0.1, -0.05) is 30.3 Å². The van der Waals surface area contributed by atoms with Crippen molar-refractivity contribution in [1.82, 2.24) is 15.3 Å². The number of thioether (sulfide) groups is 1. The van der Waals surface area contributed by atoms with E-state index in [0.29, 0.717) is 0 Å². The summed E-state index contributed by atoms with van der Waals surface area (Å²) in [6, 6.07) is 16.3. The maximum absolute atomic E-state index is 13.2. The monoisotopic (exact) mass is 390 g/mol. The van der Waals surface area contributed by atoms with Gasteiger partial charge in [-0.05, 0) is 43.0 Å². The number of aromatic nitrogens is 2. The molecule has 5 nitrogen and oxygen atoms in total. The third kappa shape index (κ3) is 3.11. The molecule has 0 saturated carbocycles. The van der Waals surface area contributed by atoms with Crippen LogP contribution in [0.15, 0.2) is 59.8 Å². The fourth-order valence-corrected chi connectivity index (χ4v) is 5.40. The molecule has 0 aliphatic carbocycles. The third-order valence-corrected chi connectivity index (χ3v) is 6.75. The average Bonchev–Trinajstić information content (AvgIpc) is 3.23. The molecule has 0 unspecified atom stereocenters. The van der Waals surface area contributed by atoms with Gasteiger partial charge in [-0.3, -0.25) is 4.79 Å². The number of carbonyl (C=O) groups excluding carboxylic acids is 1. The Kier molecular flexibility index (Phi) is 4.64. The number of nitrogens with one attached hydrogen (secondary N) is 1. The van der Waals surface area contributed by atoms with Gasteiger partial charge in [0.2, 0.25) is 5.91 Å². The van der Waals surface area contributed by atoms with E-state index in [-0.39, 0.29) is 18.0 Å². The van der Waals surface area contributed by atoms with Crippen molar-refractivity contribution in [3.63, 3.8) is 0 Å². The number of benzene rings is 2. The van der Waals surface area contributed by atoms with Crippen LogP contribution in [0.3, 0.4) is 0 Å². The minimum absolute atomic E-state index is 0.0922. The number of fused-ring (bicyclic) bond motifs is 2. The standard InChI is InChI=1S/C22H22N4OS/c27-22(25-18-11-13-28-20-10-4-2-6-15(18)20)19-9-5-12-26(19)21-16-7-1-3-8-17(16)23-14-24-21/h1-4,6-8,10,14,18-19H,5,9,11-13H2,(H,25,27)/t18-,19-/m1/s1. The van der Waals surface area contributed by atoms with Gasteiger partial charge < -0.3 is 10.2 Å². The van der Waals surface area contributed by atoms with Crippen LogP contribution in [0, 0.1) is 0 Å². The van der Waals surface area contributed by atoms with E-state index in [1.54, 1.807) is 6.33 Å². The molecule has 0 spiro atoms. The van der Waals surface area contributed by atoms with Gasteiger partial charge in [-0.2, -0.15) is 0 Å². The van der Waals surface area contributed by atoms with Crippen LogP contribution in [0.25, 0.3) is 10.9 Å². The molecule has 28 heavy (non-hydrogen) atoms. The Balaban J connectivity index is 1.41. The quantitative estimate of drug-likeness (QED) is 0.734. The Bertz CT molecular complexity index is 1020. The molecule has 0 radical (unpaired) electrons. The van der Waals surface area contributed by atoms with Crippen molar-refractivity contribution in [1.29, 1.82) is 0 Å². The molecule has 2 atom stereocenters. The minimum Gasteiger partial charge on any atom is -0.347 e. The van der Waals surface area contributed by atoms with Gasteiger partial charge in [0, 0.05) is 22.6 Å². The summed E-state index contributed by atoms with van der Waals surface area (Å²) in [7, 11) is 0. The van der Waals surface area contributed by atoms with E-state index in [0.717, 1.165) is 48.3 Å². The molecule has 142 valence electrons.